The summed E-state index contributed by atoms with van der Waals surface area (Å²) in [6.07, 6.45) is 5.27. The maximum Gasteiger partial charge on any atom is 0.311 e. The number of rotatable bonds is 1. The molecule has 2 aliphatic rings. The van der Waals surface area contributed by atoms with E-state index in [0.29, 0.717) is 5.69 Å². The summed E-state index contributed by atoms with van der Waals surface area (Å²) in [4.78, 5) is 11.6. The number of halogens is 1. The molecule has 2 N–H and O–H groups in total. The second kappa shape index (κ2) is 4.83. The Labute approximate surface area is 111 Å². The van der Waals surface area contributed by atoms with Crippen LogP contribution in [0, 0.1) is 11.7 Å². The molecule has 1 fully saturated rings. The Balaban J connectivity index is 2.05. The molecular weight excluding hydrogens is 245 g/mol. The Morgan fingerprint density at radius 3 is 2.84 bits per heavy atom. The molecule has 0 radical (unpaired) electrons. The van der Waals surface area contributed by atoms with Gasteiger partial charge in [0.25, 0.3) is 0 Å². The van der Waals surface area contributed by atoms with Gasteiger partial charge in [-0.1, -0.05) is 25.3 Å². The van der Waals surface area contributed by atoms with E-state index >= 15 is 0 Å². The fourth-order valence-corrected chi connectivity index (χ4v) is 3.59. The van der Waals surface area contributed by atoms with Crippen LogP contribution in [-0.4, -0.2) is 17.1 Å². The van der Waals surface area contributed by atoms with Crippen LogP contribution in [0.15, 0.2) is 18.2 Å². The third-order valence-electron chi connectivity index (χ3n) is 4.45. The Morgan fingerprint density at radius 2 is 2.05 bits per heavy atom. The number of benzene rings is 1. The molecule has 1 aromatic carbocycles. The standard InChI is InChI=1S/C15H18FNO2/c16-9-6-7-11-13(8-9)17-12-5-3-1-2-4-10(12)14(11)15(18)19/h6-8,10,12,14,17H,1-5H2,(H,18,19). The molecule has 1 aliphatic heterocycles. The molecule has 1 saturated carbocycles. The lowest BCUT2D eigenvalue weighted by molar-refractivity contribution is -0.140. The van der Waals surface area contributed by atoms with Gasteiger partial charge in [0, 0.05) is 11.7 Å². The molecule has 4 heteroatoms. The smallest absolute Gasteiger partial charge is 0.311 e. The minimum absolute atomic E-state index is 0.123. The largest absolute Gasteiger partial charge is 0.481 e. The Hall–Kier alpha value is -1.58. The zero-order valence-electron chi connectivity index (χ0n) is 10.7. The molecule has 102 valence electrons. The average molecular weight is 263 g/mol. The molecule has 19 heavy (non-hydrogen) atoms. The van der Waals surface area contributed by atoms with Crippen molar-refractivity contribution >= 4 is 11.7 Å². The number of nitrogens with one attached hydrogen (secondary N) is 1. The van der Waals surface area contributed by atoms with Crippen molar-refractivity contribution < 1.29 is 14.3 Å². The van der Waals surface area contributed by atoms with Gasteiger partial charge in [0.15, 0.2) is 0 Å². The molecule has 3 atom stereocenters. The molecule has 3 rings (SSSR count). The Kier molecular flexibility index (Phi) is 3.17. The molecule has 0 amide bonds. The van der Waals surface area contributed by atoms with E-state index in [-0.39, 0.29) is 17.8 Å². The zero-order chi connectivity index (χ0) is 13.4. The SMILES string of the molecule is O=C(O)C1c2ccc(F)cc2NC2CCCCCC21. The lowest BCUT2D eigenvalue weighted by Gasteiger charge is -2.38. The number of carboxylic acid groups (broad SMARTS) is 1. The minimum atomic E-state index is -0.786. The second-order valence-electron chi connectivity index (χ2n) is 5.60. The summed E-state index contributed by atoms with van der Waals surface area (Å²) in [5.74, 6) is -1.48. The van der Waals surface area contributed by atoms with Crippen molar-refractivity contribution in [1.82, 2.24) is 0 Å². The highest BCUT2D eigenvalue weighted by Crippen LogP contribution is 2.43. The predicted molar refractivity (Wildman–Crippen MR) is 70.8 cm³/mol. The van der Waals surface area contributed by atoms with Crippen molar-refractivity contribution in [3.8, 4) is 0 Å². The van der Waals surface area contributed by atoms with Gasteiger partial charge in [0.2, 0.25) is 0 Å². The van der Waals surface area contributed by atoms with Gasteiger partial charge in [0.05, 0.1) is 5.92 Å². The summed E-state index contributed by atoms with van der Waals surface area (Å²) < 4.78 is 13.3. The van der Waals surface area contributed by atoms with E-state index in [4.69, 9.17) is 0 Å². The van der Waals surface area contributed by atoms with Crippen molar-refractivity contribution in [2.24, 2.45) is 5.92 Å². The van der Waals surface area contributed by atoms with Crippen LogP contribution in [0.2, 0.25) is 0 Å². The summed E-state index contributed by atoms with van der Waals surface area (Å²) in [6, 6.07) is 4.56. The number of hydrogen-bond acceptors (Lipinski definition) is 2. The highest BCUT2D eigenvalue weighted by atomic mass is 19.1. The molecule has 1 aromatic rings. The molecule has 0 saturated heterocycles. The summed E-state index contributed by atoms with van der Waals surface area (Å²) in [5.41, 5.74) is 1.40. The summed E-state index contributed by atoms with van der Waals surface area (Å²) in [5, 5.41) is 12.9. The molecular formula is C15H18FNO2. The van der Waals surface area contributed by atoms with E-state index in [1.54, 1.807) is 6.07 Å². The summed E-state index contributed by atoms with van der Waals surface area (Å²) in [6.45, 7) is 0. The first-order valence-corrected chi connectivity index (χ1v) is 6.95. The van der Waals surface area contributed by atoms with Crippen LogP contribution in [0.5, 0.6) is 0 Å². The van der Waals surface area contributed by atoms with Gasteiger partial charge in [-0.2, -0.15) is 0 Å². The third kappa shape index (κ3) is 2.20. The first kappa shape index (κ1) is 12.5. The van der Waals surface area contributed by atoms with Gasteiger partial charge < -0.3 is 10.4 Å². The molecule has 0 aromatic heterocycles. The van der Waals surface area contributed by atoms with Crippen molar-refractivity contribution in [1.29, 1.82) is 0 Å². The number of carboxylic acids is 1. The number of carbonyl (C=O) groups is 1. The summed E-state index contributed by atoms with van der Waals surface area (Å²) in [7, 11) is 0. The number of anilines is 1. The van der Waals surface area contributed by atoms with Crippen LogP contribution in [0.1, 0.15) is 43.6 Å². The van der Waals surface area contributed by atoms with Gasteiger partial charge >= 0.3 is 5.97 Å². The van der Waals surface area contributed by atoms with Gasteiger partial charge in [-0.15, -0.1) is 0 Å². The van der Waals surface area contributed by atoms with E-state index in [0.717, 1.165) is 37.7 Å². The van der Waals surface area contributed by atoms with Crippen LogP contribution in [0.25, 0.3) is 0 Å². The van der Waals surface area contributed by atoms with E-state index in [2.05, 4.69) is 5.32 Å². The lowest BCUT2D eigenvalue weighted by atomic mass is 9.75. The lowest BCUT2D eigenvalue weighted by Crippen LogP contribution is -2.40. The Morgan fingerprint density at radius 1 is 1.26 bits per heavy atom. The van der Waals surface area contributed by atoms with Crippen LogP contribution in [-0.2, 0) is 4.79 Å². The first-order valence-electron chi connectivity index (χ1n) is 6.95. The van der Waals surface area contributed by atoms with E-state index in [9.17, 15) is 14.3 Å². The van der Waals surface area contributed by atoms with Crippen molar-refractivity contribution in [2.45, 2.75) is 44.1 Å². The normalized spacial score (nSPS) is 29.6. The quantitative estimate of drug-likeness (QED) is 0.816. The van der Waals surface area contributed by atoms with Gasteiger partial charge in [0.1, 0.15) is 5.82 Å². The zero-order valence-corrected chi connectivity index (χ0v) is 10.7. The number of hydrogen-bond donors (Lipinski definition) is 2. The molecule has 0 spiro atoms. The van der Waals surface area contributed by atoms with Crippen molar-refractivity contribution in [3.05, 3.63) is 29.6 Å². The van der Waals surface area contributed by atoms with Crippen LogP contribution < -0.4 is 5.32 Å². The van der Waals surface area contributed by atoms with Gasteiger partial charge in [-0.25, -0.2) is 4.39 Å². The average Bonchev–Trinajstić information content (AvgIpc) is 2.60. The topological polar surface area (TPSA) is 49.3 Å². The molecule has 1 heterocycles. The van der Waals surface area contributed by atoms with Crippen molar-refractivity contribution in [2.75, 3.05) is 5.32 Å². The summed E-state index contributed by atoms with van der Waals surface area (Å²) >= 11 is 0. The highest BCUT2D eigenvalue weighted by Gasteiger charge is 2.40. The van der Waals surface area contributed by atoms with E-state index in [1.165, 1.54) is 12.1 Å². The molecule has 1 aliphatic carbocycles. The number of fused-ring (bicyclic) bond motifs is 2. The second-order valence-corrected chi connectivity index (χ2v) is 5.60. The fourth-order valence-electron chi connectivity index (χ4n) is 3.59. The molecule has 0 bridgehead atoms. The predicted octanol–water partition coefficient (Wildman–Crippen LogP) is 3.37. The van der Waals surface area contributed by atoms with Crippen molar-refractivity contribution in [3.63, 3.8) is 0 Å². The minimum Gasteiger partial charge on any atom is -0.481 e. The Bertz CT molecular complexity index is 503. The molecule has 3 unspecified atom stereocenters. The number of aliphatic carboxylic acids is 1. The highest BCUT2D eigenvalue weighted by molar-refractivity contribution is 5.81. The fraction of sp³-hybridized carbons (Fsp3) is 0.533. The van der Waals surface area contributed by atoms with Gasteiger partial charge in [-0.05, 0) is 36.5 Å². The monoisotopic (exact) mass is 263 g/mol. The van der Waals surface area contributed by atoms with E-state index in [1.807, 2.05) is 0 Å². The molecule has 3 nitrogen and oxygen atoms in total. The maximum atomic E-state index is 13.3. The third-order valence-corrected chi connectivity index (χ3v) is 4.45. The van der Waals surface area contributed by atoms with Gasteiger partial charge in [-0.3, -0.25) is 4.79 Å². The van der Waals surface area contributed by atoms with Crippen LogP contribution in [0.3, 0.4) is 0 Å². The van der Waals surface area contributed by atoms with E-state index < -0.39 is 11.9 Å². The first-order chi connectivity index (χ1) is 9.16. The maximum absolute atomic E-state index is 13.3. The van der Waals surface area contributed by atoms with Crippen LogP contribution in [0.4, 0.5) is 10.1 Å². The van der Waals surface area contributed by atoms with Crippen LogP contribution >= 0.6 is 0 Å².